The number of nitrogens with zero attached hydrogens (tertiary/aromatic N) is 2. The lowest BCUT2D eigenvalue weighted by molar-refractivity contribution is -0.147. The second kappa shape index (κ2) is 6.56. The van der Waals surface area contributed by atoms with Gasteiger partial charge in [0.15, 0.2) is 0 Å². The van der Waals surface area contributed by atoms with Gasteiger partial charge in [-0.15, -0.1) is 0 Å². The number of hydrogen-bond acceptors (Lipinski definition) is 3. The highest BCUT2D eigenvalue weighted by Gasteiger charge is 2.33. The van der Waals surface area contributed by atoms with Crippen LogP contribution in [-0.4, -0.2) is 26.8 Å². The predicted octanol–water partition coefficient (Wildman–Crippen LogP) is 1.49. The minimum absolute atomic E-state index is 0.199. The number of hydrogen-bond donors (Lipinski definition) is 2. The number of aryl methyl sites for hydroxylation is 2. The maximum Gasteiger partial charge on any atom is 0.307 e. The molecular weight excluding hydrogens is 270 g/mol. The molecule has 0 saturated carbocycles. The van der Waals surface area contributed by atoms with E-state index < -0.39 is 17.8 Å². The summed E-state index contributed by atoms with van der Waals surface area (Å²) < 4.78 is 1.82. The van der Waals surface area contributed by atoms with E-state index in [2.05, 4.69) is 10.4 Å². The van der Waals surface area contributed by atoms with Crippen molar-refractivity contribution in [2.75, 3.05) is 0 Å². The van der Waals surface area contributed by atoms with E-state index in [0.29, 0.717) is 19.4 Å². The van der Waals surface area contributed by atoms with E-state index in [-0.39, 0.29) is 5.91 Å². The van der Waals surface area contributed by atoms with Crippen LogP contribution < -0.4 is 5.32 Å². The Morgan fingerprint density at radius 1 is 1.38 bits per heavy atom. The van der Waals surface area contributed by atoms with E-state index in [9.17, 15) is 14.7 Å². The number of carbonyl (C=O) groups excluding carboxylic acids is 1. The van der Waals surface area contributed by atoms with E-state index in [1.807, 2.05) is 36.9 Å². The summed E-state index contributed by atoms with van der Waals surface area (Å²) >= 11 is 0. The van der Waals surface area contributed by atoms with Gasteiger partial charge in [0.05, 0.1) is 17.5 Å². The van der Waals surface area contributed by atoms with Crippen LogP contribution in [0.2, 0.25) is 0 Å². The number of allylic oxidation sites excluding steroid dienone is 2. The van der Waals surface area contributed by atoms with Gasteiger partial charge in [-0.2, -0.15) is 5.10 Å². The van der Waals surface area contributed by atoms with Crippen LogP contribution in [0.3, 0.4) is 0 Å². The Labute approximate surface area is 123 Å². The quantitative estimate of drug-likeness (QED) is 0.805. The number of carbonyl (C=O) groups is 2. The molecule has 0 spiro atoms. The normalized spacial score (nSPS) is 21.2. The Kier molecular flexibility index (Phi) is 4.77. The third-order valence-corrected chi connectivity index (χ3v) is 3.91. The van der Waals surface area contributed by atoms with E-state index in [4.69, 9.17) is 0 Å². The first-order valence-electron chi connectivity index (χ1n) is 7.21. The monoisotopic (exact) mass is 291 g/mol. The molecular formula is C15H21N3O3. The van der Waals surface area contributed by atoms with Crippen LogP contribution in [0.4, 0.5) is 0 Å². The predicted molar refractivity (Wildman–Crippen MR) is 77.5 cm³/mol. The molecule has 1 aliphatic rings. The summed E-state index contributed by atoms with van der Waals surface area (Å²) in [4.78, 5) is 23.5. The Bertz CT molecular complexity index is 563. The molecule has 114 valence electrons. The summed E-state index contributed by atoms with van der Waals surface area (Å²) in [6, 6.07) is 0. The van der Waals surface area contributed by atoms with Crippen molar-refractivity contribution in [2.45, 2.75) is 39.8 Å². The number of amides is 1. The number of rotatable bonds is 5. The zero-order chi connectivity index (χ0) is 15.4. The fourth-order valence-corrected chi connectivity index (χ4v) is 2.58. The topological polar surface area (TPSA) is 84.2 Å². The van der Waals surface area contributed by atoms with E-state index in [0.717, 1.165) is 17.8 Å². The van der Waals surface area contributed by atoms with Crippen molar-refractivity contribution in [3.05, 3.63) is 29.6 Å². The van der Waals surface area contributed by atoms with Crippen LogP contribution in [0.1, 0.15) is 31.0 Å². The first kappa shape index (κ1) is 15.3. The van der Waals surface area contributed by atoms with Gasteiger partial charge < -0.3 is 10.4 Å². The first-order chi connectivity index (χ1) is 10.0. The molecule has 2 rings (SSSR count). The molecule has 21 heavy (non-hydrogen) atoms. The van der Waals surface area contributed by atoms with Gasteiger partial charge in [-0.25, -0.2) is 0 Å². The highest BCUT2D eigenvalue weighted by Crippen LogP contribution is 2.26. The van der Waals surface area contributed by atoms with Gasteiger partial charge in [-0.3, -0.25) is 14.3 Å². The lowest BCUT2D eigenvalue weighted by Crippen LogP contribution is -2.38. The minimum Gasteiger partial charge on any atom is -0.481 e. The van der Waals surface area contributed by atoms with Gasteiger partial charge in [0.25, 0.3) is 0 Å². The third kappa shape index (κ3) is 3.51. The second-order valence-corrected chi connectivity index (χ2v) is 5.31. The van der Waals surface area contributed by atoms with Crippen molar-refractivity contribution in [2.24, 2.45) is 11.8 Å². The maximum atomic E-state index is 12.2. The van der Waals surface area contributed by atoms with Gasteiger partial charge in [-0.1, -0.05) is 12.2 Å². The summed E-state index contributed by atoms with van der Waals surface area (Å²) in [5.74, 6) is -2.23. The van der Waals surface area contributed by atoms with E-state index >= 15 is 0 Å². The van der Waals surface area contributed by atoms with Crippen molar-refractivity contribution < 1.29 is 14.7 Å². The first-order valence-corrected chi connectivity index (χ1v) is 7.21. The van der Waals surface area contributed by atoms with Crippen molar-refractivity contribution >= 4 is 11.9 Å². The molecule has 6 heteroatoms. The number of carboxylic acids is 1. The van der Waals surface area contributed by atoms with Crippen molar-refractivity contribution in [1.29, 1.82) is 0 Å². The largest absolute Gasteiger partial charge is 0.481 e. The molecule has 1 aromatic rings. The number of carboxylic acid groups (broad SMARTS) is 1. The van der Waals surface area contributed by atoms with Crippen LogP contribution in [-0.2, 0) is 22.7 Å². The highest BCUT2D eigenvalue weighted by molar-refractivity contribution is 5.85. The Morgan fingerprint density at radius 3 is 2.62 bits per heavy atom. The molecule has 2 atom stereocenters. The number of nitrogens with one attached hydrogen (secondary N) is 1. The van der Waals surface area contributed by atoms with Gasteiger partial charge in [-0.05, 0) is 26.7 Å². The van der Waals surface area contributed by atoms with E-state index in [1.54, 1.807) is 0 Å². The van der Waals surface area contributed by atoms with Gasteiger partial charge in [0.2, 0.25) is 5.91 Å². The lowest BCUT2D eigenvalue weighted by Gasteiger charge is -2.24. The van der Waals surface area contributed by atoms with Gasteiger partial charge in [0, 0.05) is 24.8 Å². The van der Waals surface area contributed by atoms with Crippen LogP contribution in [0.15, 0.2) is 18.3 Å². The molecule has 2 N–H and O–H groups in total. The average molecular weight is 291 g/mol. The standard InChI is InChI=1S/C15H21N3O3/c1-3-18-9-11(10(2)17-18)8-16-14(19)12-6-4-5-7-13(12)15(20)21/h4-5,9,12-13H,3,6-8H2,1-2H3,(H,16,19)(H,20,21)/t12-,13+/m1/s1. The molecule has 1 aromatic heterocycles. The van der Waals surface area contributed by atoms with Gasteiger partial charge >= 0.3 is 5.97 Å². The summed E-state index contributed by atoms with van der Waals surface area (Å²) in [5, 5.41) is 16.4. The van der Waals surface area contributed by atoms with Crippen molar-refractivity contribution in [1.82, 2.24) is 15.1 Å². The molecule has 0 radical (unpaired) electrons. The summed E-state index contributed by atoms with van der Waals surface area (Å²) in [7, 11) is 0. The van der Waals surface area contributed by atoms with Crippen LogP contribution >= 0.6 is 0 Å². The zero-order valence-electron chi connectivity index (χ0n) is 12.4. The molecule has 0 aliphatic heterocycles. The Balaban J connectivity index is 1.98. The fraction of sp³-hybridized carbons (Fsp3) is 0.533. The smallest absolute Gasteiger partial charge is 0.307 e. The average Bonchev–Trinajstić information content (AvgIpc) is 2.85. The molecule has 1 heterocycles. The molecule has 0 unspecified atom stereocenters. The van der Waals surface area contributed by atoms with Crippen LogP contribution in [0.25, 0.3) is 0 Å². The fourth-order valence-electron chi connectivity index (χ4n) is 2.58. The second-order valence-electron chi connectivity index (χ2n) is 5.31. The Hall–Kier alpha value is -2.11. The van der Waals surface area contributed by atoms with Crippen molar-refractivity contribution in [3.63, 3.8) is 0 Å². The lowest BCUT2D eigenvalue weighted by atomic mass is 9.82. The minimum atomic E-state index is -0.908. The maximum absolute atomic E-state index is 12.2. The summed E-state index contributed by atoms with van der Waals surface area (Å²) in [6.07, 6.45) is 6.52. The molecule has 0 bridgehead atoms. The van der Waals surface area contributed by atoms with Crippen LogP contribution in [0, 0.1) is 18.8 Å². The SMILES string of the molecule is CCn1cc(CNC(=O)[C@@H]2CC=CC[C@@H]2C(=O)O)c(C)n1. The molecule has 6 nitrogen and oxygen atoms in total. The molecule has 0 aromatic carbocycles. The number of aliphatic carboxylic acids is 1. The summed E-state index contributed by atoms with van der Waals surface area (Å²) in [6.45, 7) is 5.07. The third-order valence-electron chi connectivity index (χ3n) is 3.91. The Morgan fingerprint density at radius 2 is 2.05 bits per heavy atom. The van der Waals surface area contributed by atoms with Gasteiger partial charge in [0.1, 0.15) is 0 Å². The summed E-state index contributed by atoms with van der Waals surface area (Å²) in [5.41, 5.74) is 1.85. The molecule has 1 aliphatic carbocycles. The molecule has 0 fully saturated rings. The molecule has 1 amide bonds. The van der Waals surface area contributed by atoms with Crippen molar-refractivity contribution in [3.8, 4) is 0 Å². The highest BCUT2D eigenvalue weighted by atomic mass is 16.4. The molecule has 0 saturated heterocycles. The van der Waals surface area contributed by atoms with Crippen LogP contribution in [0.5, 0.6) is 0 Å². The van der Waals surface area contributed by atoms with E-state index in [1.165, 1.54) is 0 Å². The zero-order valence-corrected chi connectivity index (χ0v) is 12.4. The number of aromatic nitrogens is 2.